The third-order valence-electron chi connectivity index (χ3n) is 9.23. The van der Waals surface area contributed by atoms with Gasteiger partial charge in [-0.05, 0) is 82.3 Å². The summed E-state index contributed by atoms with van der Waals surface area (Å²) in [5, 5.41) is 2.86. The number of nitrogens with zero attached hydrogens (tertiary/aromatic N) is 1. The van der Waals surface area contributed by atoms with Gasteiger partial charge in [0.25, 0.3) is 11.8 Å². The summed E-state index contributed by atoms with van der Waals surface area (Å²) in [6.45, 7) is 17.7. The number of hydrogen-bond donors (Lipinski definition) is 1. The summed E-state index contributed by atoms with van der Waals surface area (Å²) in [4.78, 5) is 48.3. The zero-order valence-corrected chi connectivity index (χ0v) is 37.5. The first kappa shape index (κ1) is 43.9. The molecule has 6 rings (SSSR count). The van der Waals surface area contributed by atoms with Crippen LogP contribution in [0.3, 0.4) is 0 Å². The van der Waals surface area contributed by atoms with Gasteiger partial charge in [0, 0.05) is 62.6 Å². The number of carbonyl (C=O) groups excluding carboxylic acids is 4. The van der Waals surface area contributed by atoms with Crippen molar-refractivity contribution in [3.8, 4) is 0 Å². The van der Waals surface area contributed by atoms with Gasteiger partial charge in [0.15, 0.2) is 0 Å². The second-order valence-electron chi connectivity index (χ2n) is 15.5. The summed E-state index contributed by atoms with van der Waals surface area (Å²) in [5.74, 6) is -0.569. The molecule has 0 saturated carbocycles. The molecule has 0 fully saturated rings. The summed E-state index contributed by atoms with van der Waals surface area (Å²) in [7, 11) is 0. The number of carbonyl (C=O) groups is 4. The third kappa shape index (κ3) is 11.9. The van der Waals surface area contributed by atoms with Crippen molar-refractivity contribution in [1.29, 1.82) is 0 Å². The van der Waals surface area contributed by atoms with Gasteiger partial charge in [0.1, 0.15) is 13.2 Å². The first-order chi connectivity index (χ1) is 25.8. The number of rotatable bonds is 5. The maximum absolute atomic E-state index is 13.2. The van der Waals surface area contributed by atoms with Crippen LogP contribution in [0.15, 0.2) is 86.2 Å². The van der Waals surface area contributed by atoms with Gasteiger partial charge in [-0.2, -0.15) is 0 Å². The Morgan fingerprint density at radius 2 is 1.15 bits per heavy atom. The Morgan fingerprint density at radius 3 is 1.67 bits per heavy atom. The molecule has 2 aliphatic rings. The Bertz CT molecular complexity index is 2050. The molecule has 0 spiro atoms. The Balaban J connectivity index is 0.000000202. The van der Waals surface area contributed by atoms with E-state index in [1.54, 1.807) is 4.90 Å². The summed E-state index contributed by atoms with van der Waals surface area (Å²) < 4.78 is 12.8. The predicted molar refractivity (Wildman–Crippen MR) is 229 cm³/mol. The van der Waals surface area contributed by atoms with Gasteiger partial charge in [0.2, 0.25) is 0 Å². The lowest BCUT2D eigenvalue weighted by atomic mass is 9.84. The molecule has 1 N–H and O–H groups in total. The van der Waals surface area contributed by atoms with Crippen molar-refractivity contribution in [2.24, 2.45) is 0 Å². The van der Waals surface area contributed by atoms with E-state index in [4.69, 9.17) is 9.47 Å². The molecule has 2 heterocycles. The minimum Gasteiger partial charge on any atom is -0.461 e. The fourth-order valence-electron chi connectivity index (χ4n) is 6.04. The van der Waals surface area contributed by atoms with E-state index in [0.717, 1.165) is 66.3 Å². The average molecular weight is 942 g/mol. The summed E-state index contributed by atoms with van der Waals surface area (Å²) in [5.41, 5.74) is 9.14. The van der Waals surface area contributed by atoms with Crippen molar-refractivity contribution in [1.82, 2.24) is 5.32 Å². The lowest BCUT2D eigenvalue weighted by molar-refractivity contribution is -0.143. The van der Waals surface area contributed by atoms with E-state index in [9.17, 15) is 19.2 Å². The Morgan fingerprint density at radius 1 is 0.673 bits per heavy atom. The largest absolute Gasteiger partial charge is 0.461 e. The highest BCUT2D eigenvalue weighted by Crippen LogP contribution is 2.34. The minimum absolute atomic E-state index is 0.0149. The van der Waals surface area contributed by atoms with Crippen LogP contribution in [0.2, 0.25) is 0 Å². The van der Waals surface area contributed by atoms with Crippen LogP contribution in [0.25, 0.3) is 0 Å². The highest BCUT2D eigenvalue weighted by molar-refractivity contribution is 9.11. The highest BCUT2D eigenvalue weighted by Gasteiger charge is 2.29. The molecule has 4 aromatic rings. The molecule has 11 heteroatoms. The van der Waals surface area contributed by atoms with Crippen LogP contribution in [-0.4, -0.2) is 36.8 Å². The topological polar surface area (TPSA) is 102 Å². The molecule has 292 valence electrons. The first-order valence-electron chi connectivity index (χ1n) is 18.1. The fraction of sp³-hybridized carbons (Fsp3) is 0.364. The quantitative estimate of drug-likeness (QED) is 0.200. The van der Waals surface area contributed by atoms with Gasteiger partial charge in [-0.25, -0.2) is 0 Å². The number of halogens is 3. The standard InChI is InChI=1S/C22H24BrNO3.C13H17NO.C9H8Br2O2/c1-14(25)27-13-18-19(23)6-5-7-20(18)24-11-10-15-12-16(22(2,3)4)8-9-17(15)21(24)26;1-13(2,3)10-4-5-11-9(8-10)6-7-14-12(11)15;1-6(12)13-5-7-8(10)3-2-4-9(7)11/h5-9,12H,10-11,13H2,1-4H3;4-5,8H,6-7H2,1-3H3,(H,14,15);2-4H,5H2,1H3. The molecule has 2 amide bonds. The van der Waals surface area contributed by atoms with Crippen LogP contribution in [0.1, 0.15) is 109 Å². The van der Waals surface area contributed by atoms with Crippen molar-refractivity contribution in [3.63, 3.8) is 0 Å². The molecule has 55 heavy (non-hydrogen) atoms. The molecule has 0 aromatic heterocycles. The van der Waals surface area contributed by atoms with Crippen LogP contribution >= 0.6 is 47.8 Å². The molecule has 8 nitrogen and oxygen atoms in total. The lowest BCUT2D eigenvalue weighted by Gasteiger charge is -2.31. The summed E-state index contributed by atoms with van der Waals surface area (Å²) in [6, 6.07) is 23.7. The van der Waals surface area contributed by atoms with E-state index in [1.807, 2.05) is 54.6 Å². The molecular weight excluding hydrogens is 892 g/mol. The van der Waals surface area contributed by atoms with Crippen LogP contribution in [0.4, 0.5) is 5.69 Å². The van der Waals surface area contributed by atoms with E-state index >= 15 is 0 Å². The van der Waals surface area contributed by atoms with Crippen LogP contribution < -0.4 is 10.2 Å². The Kier molecular flexibility index (Phi) is 15.1. The third-order valence-corrected chi connectivity index (χ3v) is 11.5. The van der Waals surface area contributed by atoms with Gasteiger partial charge in [0.05, 0.1) is 5.69 Å². The number of amides is 2. The van der Waals surface area contributed by atoms with Gasteiger partial charge in [-0.3, -0.25) is 19.2 Å². The molecular formula is C44H49Br3N2O6. The highest BCUT2D eigenvalue weighted by atomic mass is 79.9. The van der Waals surface area contributed by atoms with Crippen molar-refractivity contribution in [2.45, 2.75) is 92.3 Å². The maximum Gasteiger partial charge on any atom is 0.302 e. The van der Waals surface area contributed by atoms with Crippen molar-refractivity contribution < 1.29 is 28.7 Å². The second-order valence-corrected chi connectivity index (χ2v) is 18.0. The van der Waals surface area contributed by atoms with Crippen molar-refractivity contribution in [2.75, 3.05) is 18.0 Å². The normalized spacial score (nSPS) is 13.5. The van der Waals surface area contributed by atoms with Gasteiger partial charge >= 0.3 is 11.9 Å². The molecule has 4 aromatic carbocycles. The SMILES string of the molecule is CC(=O)OCc1c(Br)cccc1Br.CC(=O)OCc1c(Br)cccc1N1CCc2cc(C(C)(C)C)ccc2C1=O.CC(C)(C)c1ccc2c(c1)CCNC2=O. The summed E-state index contributed by atoms with van der Waals surface area (Å²) in [6.07, 6.45) is 1.75. The number of benzene rings is 4. The maximum atomic E-state index is 13.2. The monoisotopic (exact) mass is 938 g/mol. The number of esters is 2. The van der Waals surface area contributed by atoms with E-state index in [0.29, 0.717) is 6.54 Å². The summed E-state index contributed by atoms with van der Waals surface area (Å²) >= 11 is 10.3. The van der Waals surface area contributed by atoms with Gasteiger partial charge < -0.3 is 19.7 Å². The zero-order chi connectivity index (χ0) is 40.7. The van der Waals surface area contributed by atoms with Crippen molar-refractivity contribution >= 4 is 77.2 Å². The predicted octanol–water partition coefficient (Wildman–Crippen LogP) is 10.6. The molecule has 0 radical (unpaired) electrons. The van der Waals surface area contributed by atoms with E-state index in [1.165, 1.54) is 30.5 Å². The lowest BCUT2D eigenvalue weighted by Crippen LogP contribution is -2.38. The molecule has 2 aliphatic heterocycles. The molecule has 0 bridgehead atoms. The number of fused-ring (bicyclic) bond motifs is 2. The molecule has 0 unspecified atom stereocenters. The zero-order valence-electron chi connectivity index (χ0n) is 32.7. The molecule has 0 aliphatic carbocycles. The number of nitrogens with one attached hydrogen (secondary N) is 1. The van der Waals surface area contributed by atoms with Crippen molar-refractivity contribution in [3.05, 3.63) is 131 Å². The van der Waals surface area contributed by atoms with Gasteiger partial charge in [-0.1, -0.05) is 126 Å². The smallest absolute Gasteiger partial charge is 0.302 e. The van der Waals surface area contributed by atoms with Crippen LogP contribution in [0, 0.1) is 0 Å². The molecule has 0 atom stereocenters. The number of anilines is 1. The fourth-order valence-corrected chi connectivity index (χ4v) is 7.74. The van der Waals surface area contributed by atoms with Crippen LogP contribution in [0.5, 0.6) is 0 Å². The van der Waals surface area contributed by atoms with E-state index in [-0.39, 0.29) is 47.8 Å². The van der Waals surface area contributed by atoms with E-state index in [2.05, 4.69) is 113 Å². The number of hydrogen-bond acceptors (Lipinski definition) is 6. The Hall–Kier alpha value is -3.80. The average Bonchev–Trinajstić information content (AvgIpc) is 3.10. The second kappa shape index (κ2) is 18.9. The van der Waals surface area contributed by atoms with Crippen LogP contribution in [-0.2, 0) is 55.9 Å². The first-order valence-corrected chi connectivity index (χ1v) is 20.5. The Labute approximate surface area is 350 Å². The van der Waals surface area contributed by atoms with Gasteiger partial charge in [-0.15, -0.1) is 0 Å². The minimum atomic E-state index is -0.346. The molecule has 0 saturated heterocycles. The van der Waals surface area contributed by atoms with E-state index < -0.39 is 0 Å². The number of ether oxygens (including phenoxy) is 2.